The lowest BCUT2D eigenvalue weighted by atomic mass is 9.45. The van der Waals surface area contributed by atoms with Gasteiger partial charge in [0.25, 0.3) is 0 Å². The van der Waals surface area contributed by atoms with Gasteiger partial charge in [0.2, 0.25) is 0 Å². The zero-order valence-electron chi connectivity index (χ0n) is 28.5. The third-order valence-corrected chi connectivity index (χ3v) is 11.1. The van der Waals surface area contributed by atoms with Crippen molar-refractivity contribution < 1.29 is 43.9 Å². The van der Waals surface area contributed by atoms with Crippen molar-refractivity contribution in [3.63, 3.8) is 0 Å². The summed E-state index contributed by atoms with van der Waals surface area (Å²) in [5.74, 6) is -4.44. The van der Waals surface area contributed by atoms with Gasteiger partial charge in [0.1, 0.15) is 28.4 Å². The second-order valence-electron chi connectivity index (χ2n) is 15.2. The number of carbonyl (C=O) groups is 3. The molecule has 7 rings (SSSR count). The highest BCUT2D eigenvalue weighted by molar-refractivity contribution is 6.10. The van der Waals surface area contributed by atoms with Crippen molar-refractivity contribution in [2.45, 2.75) is 116 Å². The minimum Gasteiger partial charge on any atom is -0.506 e. The van der Waals surface area contributed by atoms with E-state index in [-0.39, 0.29) is 35.5 Å². The van der Waals surface area contributed by atoms with Crippen LogP contribution in [0.1, 0.15) is 103 Å². The van der Waals surface area contributed by atoms with E-state index in [0.717, 1.165) is 12.0 Å². The van der Waals surface area contributed by atoms with E-state index in [4.69, 9.17) is 14.2 Å². The minimum atomic E-state index is -1.74. The Morgan fingerprint density at radius 3 is 2.32 bits per heavy atom. The van der Waals surface area contributed by atoms with Gasteiger partial charge in [-0.15, -0.1) is 0 Å². The highest BCUT2D eigenvalue weighted by Crippen LogP contribution is 2.70. The summed E-state index contributed by atoms with van der Waals surface area (Å²) in [4.78, 5) is 41.1. The van der Waals surface area contributed by atoms with Crippen molar-refractivity contribution in [3.8, 4) is 17.2 Å². The third-order valence-electron chi connectivity index (χ3n) is 11.1. The van der Waals surface area contributed by atoms with Gasteiger partial charge in [-0.25, -0.2) is 4.79 Å². The van der Waals surface area contributed by atoms with Crippen LogP contribution in [0.3, 0.4) is 0 Å². The van der Waals surface area contributed by atoms with Gasteiger partial charge < -0.3 is 29.5 Å². The van der Waals surface area contributed by atoms with E-state index in [1.165, 1.54) is 18.6 Å². The molecule has 47 heavy (non-hydrogen) atoms. The molecule has 252 valence electrons. The predicted molar refractivity (Wildman–Crippen MR) is 176 cm³/mol. The summed E-state index contributed by atoms with van der Waals surface area (Å²) < 4.78 is 20.5. The maximum atomic E-state index is 14.8. The molecule has 6 aliphatic rings. The van der Waals surface area contributed by atoms with Gasteiger partial charge in [0, 0.05) is 29.4 Å². The average Bonchev–Trinajstić information content (AvgIpc) is 3.10. The van der Waals surface area contributed by atoms with E-state index in [1.807, 2.05) is 60.6 Å². The highest BCUT2D eigenvalue weighted by Gasteiger charge is 2.85. The number of ketones is 2. The van der Waals surface area contributed by atoms with Crippen LogP contribution in [0, 0.1) is 17.8 Å². The molecule has 7 atom stereocenters. The molecule has 3 aliphatic heterocycles. The number of phenolic OH excluding ortho intramolecular Hbond substituents is 1. The Labute approximate surface area is 276 Å². The molecule has 3 N–H and O–H groups in total. The SMILES string of the molecule is CC(C)=CCC[C@@]1(C)C=Cc2c(O)c3c(c(CC=C(C)C)c2O1)O[C@]12C4C[C@H](C(=O)C1(C/C=C(\C)C(=O)O)OC4(C)C)[C@H](O)[C@H]2C3=O. The standard InChI is InChI=1S/C38H46O9/c1-19(2)10-9-15-36(8)16-14-22-28(39)26-30(41)27-29(40)24-18-25-35(6,7)47-37(33(24)42,17-13-21(5)34(43)44)38(25,27)46-32(26)23(31(22)45-36)12-11-20(3)4/h10-11,13-14,16,24-25,27,29,39-40H,9,12,15,17-18H2,1-8H3,(H,43,44)/b21-13+/t24-,25?,27-,29-,36-,37?,38-/m0/s1. The lowest BCUT2D eigenvalue weighted by molar-refractivity contribution is -0.220. The first-order chi connectivity index (χ1) is 21.9. The number of ether oxygens (including phenoxy) is 3. The number of Topliss-reactive ketones (excluding diaryl/α,β-unsaturated/α-hetero) is 2. The second kappa shape index (κ2) is 10.9. The largest absolute Gasteiger partial charge is 0.506 e. The molecule has 0 aromatic heterocycles. The molecule has 4 bridgehead atoms. The van der Waals surface area contributed by atoms with E-state index in [2.05, 4.69) is 6.08 Å². The number of carboxylic acids is 1. The number of aliphatic hydroxyl groups excluding tert-OH is 1. The molecule has 1 saturated heterocycles. The molecule has 9 heteroatoms. The number of carboxylic acid groups (broad SMARTS) is 1. The Balaban J connectivity index is 1.60. The van der Waals surface area contributed by atoms with Gasteiger partial charge in [-0.05, 0) is 93.2 Å². The Kier molecular flexibility index (Phi) is 7.72. The van der Waals surface area contributed by atoms with Crippen molar-refractivity contribution in [3.05, 3.63) is 57.7 Å². The van der Waals surface area contributed by atoms with Gasteiger partial charge >= 0.3 is 5.97 Å². The molecular formula is C38H46O9. The number of hydrogen-bond acceptors (Lipinski definition) is 8. The number of fused-ring (bicyclic) bond motifs is 2. The number of aliphatic carboxylic acids is 1. The lowest BCUT2D eigenvalue weighted by Crippen LogP contribution is -2.80. The number of phenols is 1. The summed E-state index contributed by atoms with van der Waals surface area (Å²) in [6.45, 7) is 15.1. The summed E-state index contributed by atoms with van der Waals surface area (Å²) >= 11 is 0. The van der Waals surface area contributed by atoms with E-state index < -0.39 is 63.8 Å². The topological polar surface area (TPSA) is 140 Å². The van der Waals surface area contributed by atoms with E-state index in [9.17, 15) is 29.7 Å². The molecule has 2 unspecified atom stereocenters. The number of aromatic hydroxyl groups is 1. The van der Waals surface area contributed by atoms with Gasteiger partial charge in [-0.1, -0.05) is 29.4 Å². The summed E-state index contributed by atoms with van der Waals surface area (Å²) in [5, 5.41) is 33.2. The van der Waals surface area contributed by atoms with Crippen LogP contribution >= 0.6 is 0 Å². The van der Waals surface area contributed by atoms with Crippen molar-refractivity contribution in [2.24, 2.45) is 17.8 Å². The fraction of sp³-hybridized carbons (Fsp3) is 0.553. The van der Waals surface area contributed by atoms with E-state index in [0.29, 0.717) is 29.7 Å². The third kappa shape index (κ3) is 4.67. The summed E-state index contributed by atoms with van der Waals surface area (Å²) in [6.07, 6.45) is 9.79. The van der Waals surface area contributed by atoms with Crippen LogP contribution in [-0.4, -0.2) is 61.4 Å². The van der Waals surface area contributed by atoms with Crippen molar-refractivity contribution in [1.82, 2.24) is 0 Å². The van der Waals surface area contributed by atoms with Gasteiger partial charge in [-0.3, -0.25) is 9.59 Å². The van der Waals surface area contributed by atoms with Crippen molar-refractivity contribution in [1.29, 1.82) is 0 Å². The molecule has 3 saturated carbocycles. The fourth-order valence-corrected chi connectivity index (χ4v) is 8.76. The number of rotatable bonds is 8. The molecule has 0 radical (unpaired) electrons. The monoisotopic (exact) mass is 646 g/mol. The first-order valence-corrected chi connectivity index (χ1v) is 16.5. The maximum Gasteiger partial charge on any atom is 0.330 e. The van der Waals surface area contributed by atoms with Gasteiger partial charge in [0.05, 0.1) is 23.2 Å². The van der Waals surface area contributed by atoms with Crippen LogP contribution in [0.2, 0.25) is 0 Å². The average molecular weight is 647 g/mol. The quantitative estimate of drug-likeness (QED) is 0.220. The molecule has 1 aromatic rings. The molecule has 1 aromatic carbocycles. The van der Waals surface area contributed by atoms with Crippen LogP contribution in [0.4, 0.5) is 0 Å². The van der Waals surface area contributed by atoms with Crippen LogP contribution in [0.15, 0.2) is 41.0 Å². The fourth-order valence-electron chi connectivity index (χ4n) is 8.76. The molecule has 0 amide bonds. The molecule has 3 heterocycles. The first-order valence-electron chi connectivity index (χ1n) is 16.5. The number of carbonyl (C=O) groups excluding carboxylic acids is 2. The summed E-state index contributed by atoms with van der Waals surface area (Å²) in [5.41, 5.74) is -1.91. The van der Waals surface area contributed by atoms with Crippen LogP contribution < -0.4 is 9.47 Å². The molecular weight excluding hydrogens is 600 g/mol. The number of allylic oxidation sites excluding steroid dienone is 4. The smallest absolute Gasteiger partial charge is 0.330 e. The maximum absolute atomic E-state index is 14.8. The number of hydrogen-bond donors (Lipinski definition) is 3. The minimum absolute atomic E-state index is 0.0260. The zero-order chi connectivity index (χ0) is 34.4. The van der Waals surface area contributed by atoms with Gasteiger partial charge in [-0.2, -0.15) is 0 Å². The van der Waals surface area contributed by atoms with Crippen LogP contribution in [0.5, 0.6) is 17.2 Å². The zero-order valence-corrected chi connectivity index (χ0v) is 28.5. The van der Waals surface area contributed by atoms with E-state index >= 15 is 0 Å². The number of benzene rings is 1. The second-order valence-corrected chi connectivity index (χ2v) is 15.2. The Hall–Kier alpha value is -3.69. The van der Waals surface area contributed by atoms with E-state index in [1.54, 1.807) is 6.08 Å². The number of aliphatic hydroxyl groups is 1. The molecule has 9 nitrogen and oxygen atoms in total. The normalized spacial score (nSPS) is 34.1. The van der Waals surface area contributed by atoms with Crippen LogP contribution in [0.25, 0.3) is 6.08 Å². The summed E-state index contributed by atoms with van der Waals surface area (Å²) in [6, 6.07) is 0. The molecule has 3 aliphatic carbocycles. The molecule has 4 fully saturated rings. The Morgan fingerprint density at radius 2 is 1.68 bits per heavy atom. The lowest BCUT2D eigenvalue weighted by Gasteiger charge is -2.62. The summed E-state index contributed by atoms with van der Waals surface area (Å²) in [7, 11) is 0. The van der Waals surface area contributed by atoms with Gasteiger partial charge in [0.15, 0.2) is 22.8 Å². The van der Waals surface area contributed by atoms with Crippen LogP contribution in [-0.2, 0) is 20.7 Å². The predicted octanol–water partition coefficient (Wildman–Crippen LogP) is 6.29. The highest BCUT2D eigenvalue weighted by atomic mass is 16.6. The van der Waals surface area contributed by atoms with Crippen molar-refractivity contribution in [2.75, 3.05) is 0 Å². The Morgan fingerprint density at radius 1 is 1.00 bits per heavy atom. The molecule has 1 spiro atoms. The Bertz CT molecular complexity index is 1700. The van der Waals surface area contributed by atoms with Crippen molar-refractivity contribution >= 4 is 23.6 Å². The first kappa shape index (κ1) is 33.2.